The Morgan fingerprint density at radius 1 is 1.53 bits per heavy atom. The van der Waals surface area contributed by atoms with Gasteiger partial charge in [-0.1, -0.05) is 0 Å². The number of hydrogen-bond acceptors (Lipinski definition) is 3. The number of rotatable bonds is 3. The first-order valence-electron chi connectivity index (χ1n) is 4.96. The van der Waals surface area contributed by atoms with Gasteiger partial charge in [-0.25, -0.2) is 0 Å². The lowest BCUT2D eigenvalue weighted by molar-refractivity contribution is 0.719. The van der Waals surface area contributed by atoms with Crippen LogP contribution in [0.2, 0.25) is 0 Å². The normalized spacial score (nSPS) is 12.7. The number of hydrogen-bond donors (Lipinski definition) is 2. The van der Waals surface area contributed by atoms with Gasteiger partial charge in [0.1, 0.15) is 0 Å². The molecule has 78 valence electrons. The van der Waals surface area contributed by atoms with Crippen molar-refractivity contribution in [2.45, 2.75) is 19.4 Å². The zero-order chi connectivity index (χ0) is 10.7. The molecule has 0 aliphatic rings. The van der Waals surface area contributed by atoms with E-state index in [0.29, 0.717) is 0 Å². The second-order valence-corrected chi connectivity index (χ2v) is 3.70. The van der Waals surface area contributed by atoms with Gasteiger partial charge in [-0.2, -0.15) is 5.10 Å². The van der Waals surface area contributed by atoms with Gasteiger partial charge in [0.25, 0.3) is 0 Å². The maximum absolute atomic E-state index is 5.71. The number of nitrogens with zero attached hydrogens (tertiary/aromatic N) is 2. The van der Waals surface area contributed by atoms with E-state index >= 15 is 0 Å². The highest BCUT2D eigenvalue weighted by Gasteiger charge is 2.05. The molecule has 1 atom stereocenters. The van der Waals surface area contributed by atoms with Crippen LogP contribution >= 0.6 is 0 Å². The molecule has 0 saturated carbocycles. The Balaban J connectivity index is 2.21. The fourth-order valence-corrected chi connectivity index (χ4v) is 1.48. The van der Waals surface area contributed by atoms with E-state index < -0.39 is 0 Å². The molecule has 0 fully saturated rings. The summed E-state index contributed by atoms with van der Waals surface area (Å²) in [6.45, 7) is 1.98. The fourth-order valence-electron chi connectivity index (χ4n) is 1.48. The van der Waals surface area contributed by atoms with Crippen LogP contribution in [-0.2, 0) is 6.42 Å². The molecule has 15 heavy (non-hydrogen) atoms. The second-order valence-electron chi connectivity index (χ2n) is 3.70. The molecular weight excluding hydrogens is 188 g/mol. The van der Waals surface area contributed by atoms with Crippen molar-refractivity contribution in [3.63, 3.8) is 0 Å². The largest absolute Gasteiger partial charge is 0.328 e. The van der Waals surface area contributed by atoms with E-state index in [0.717, 1.165) is 23.4 Å². The van der Waals surface area contributed by atoms with E-state index in [9.17, 15) is 0 Å². The summed E-state index contributed by atoms with van der Waals surface area (Å²) in [7, 11) is 0. The van der Waals surface area contributed by atoms with Crippen LogP contribution in [0.3, 0.4) is 0 Å². The van der Waals surface area contributed by atoms with Gasteiger partial charge in [0.05, 0.1) is 5.69 Å². The third-order valence-corrected chi connectivity index (χ3v) is 2.13. The van der Waals surface area contributed by atoms with Gasteiger partial charge >= 0.3 is 0 Å². The third-order valence-electron chi connectivity index (χ3n) is 2.13. The van der Waals surface area contributed by atoms with Crippen LogP contribution in [0.15, 0.2) is 30.6 Å². The summed E-state index contributed by atoms with van der Waals surface area (Å²) >= 11 is 0. The molecule has 2 rings (SSSR count). The van der Waals surface area contributed by atoms with E-state index in [1.54, 1.807) is 12.4 Å². The van der Waals surface area contributed by atoms with Crippen molar-refractivity contribution in [3.05, 3.63) is 36.3 Å². The van der Waals surface area contributed by atoms with Crippen molar-refractivity contribution in [1.29, 1.82) is 0 Å². The molecule has 3 N–H and O–H groups in total. The first-order chi connectivity index (χ1) is 7.25. The Bertz CT molecular complexity index is 419. The minimum atomic E-state index is 0.146. The molecule has 0 amide bonds. The van der Waals surface area contributed by atoms with E-state index in [2.05, 4.69) is 15.2 Å². The number of nitrogens with two attached hydrogens (primary N) is 1. The van der Waals surface area contributed by atoms with Gasteiger partial charge in [-0.3, -0.25) is 10.1 Å². The standard InChI is InChI=1S/C11H14N4/c1-8(12)5-10-6-11(15-14-10)9-3-2-4-13-7-9/h2-4,6-8H,5,12H2,1H3,(H,14,15). The van der Waals surface area contributed by atoms with E-state index in [1.165, 1.54) is 0 Å². The summed E-state index contributed by atoms with van der Waals surface area (Å²) in [4.78, 5) is 4.05. The van der Waals surface area contributed by atoms with Crippen LogP contribution in [0.25, 0.3) is 11.3 Å². The van der Waals surface area contributed by atoms with Gasteiger partial charge in [0, 0.05) is 36.1 Å². The number of aromatic amines is 1. The van der Waals surface area contributed by atoms with Gasteiger partial charge in [0.15, 0.2) is 0 Å². The molecule has 0 spiro atoms. The molecule has 0 bridgehead atoms. The molecule has 0 aliphatic heterocycles. The van der Waals surface area contributed by atoms with Crippen LogP contribution in [0.4, 0.5) is 0 Å². The molecule has 0 aliphatic carbocycles. The third kappa shape index (κ3) is 2.41. The van der Waals surface area contributed by atoms with Crippen molar-refractivity contribution in [3.8, 4) is 11.3 Å². The topological polar surface area (TPSA) is 67.6 Å². The Labute approximate surface area is 88.5 Å². The van der Waals surface area contributed by atoms with E-state index in [4.69, 9.17) is 5.73 Å². The van der Waals surface area contributed by atoms with Crippen molar-refractivity contribution in [2.24, 2.45) is 5.73 Å². The summed E-state index contributed by atoms with van der Waals surface area (Å²) < 4.78 is 0. The second kappa shape index (κ2) is 4.23. The number of H-pyrrole nitrogens is 1. The van der Waals surface area contributed by atoms with Gasteiger partial charge < -0.3 is 5.73 Å². The van der Waals surface area contributed by atoms with Crippen molar-refractivity contribution in [1.82, 2.24) is 15.2 Å². The molecular formula is C11H14N4. The summed E-state index contributed by atoms with van der Waals surface area (Å²) in [6, 6.07) is 6.04. The van der Waals surface area contributed by atoms with Crippen LogP contribution < -0.4 is 5.73 Å². The molecule has 0 saturated heterocycles. The number of pyridine rings is 1. The average molecular weight is 202 g/mol. The molecule has 2 heterocycles. The molecule has 2 aromatic heterocycles. The highest BCUT2D eigenvalue weighted by atomic mass is 15.1. The van der Waals surface area contributed by atoms with E-state index in [1.807, 2.05) is 25.1 Å². The Hall–Kier alpha value is -1.68. The summed E-state index contributed by atoms with van der Waals surface area (Å²) in [5.41, 5.74) is 8.71. The fraction of sp³-hybridized carbons (Fsp3) is 0.273. The van der Waals surface area contributed by atoms with Gasteiger partial charge in [-0.05, 0) is 25.1 Å². The predicted molar refractivity (Wildman–Crippen MR) is 59.2 cm³/mol. The van der Waals surface area contributed by atoms with Gasteiger partial charge in [0.2, 0.25) is 0 Å². The number of aromatic nitrogens is 3. The predicted octanol–water partition coefficient (Wildman–Crippen LogP) is 1.36. The first-order valence-corrected chi connectivity index (χ1v) is 4.96. The molecule has 2 aromatic rings. The highest BCUT2D eigenvalue weighted by Crippen LogP contribution is 2.16. The summed E-state index contributed by atoms with van der Waals surface area (Å²) in [5.74, 6) is 0. The highest BCUT2D eigenvalue weighted by molar-refractivity contribution is 5.57. The first kappa shape index (κ1) is 9.86. The Kier molecular flexibility index (Phi) is 2.78. The van der Waals surface area contributed by atoms with Crippen molar-refractivity contribution >= 4 is 0 Å². The van der Waals surface area contributed by atoms with E-state index in [-0.39, 0.29) is 6.04 Å². The molecule has 0 radical (unpaired) electrons. The summed E-state index contributed by atoms with van der Waals surface area (Å²) in [6.07, 6.45) is 4.36. The average Bonchev–Trinajstić information content (AvgIpc) is 2.67. The van der Waals surface area contributed by atoms with Crippen molar-refractivity contribution < 1.29 is 0 Å². The van der Waals surface area contributed by atoms with Crippen LogP contribution in [0.5, 0.6) is 0 Å². The summed E-state index contributed by atoms with van der Waals surface area (Å²) in [5, 5.41) is 7.20. The lowest BCUT2D eigenvalue weighted by Gasteiger charge is -1.99. The lowest BCUT2D eigenvalue weighted by Crippen LogP contribution is -2.17. The lowest BCUT2D eigenvalue weighted by atomic mass is 10.1. The SMILES string of the molecule is CC(N)Cc1cc(-c2cccnc2)n[nH]1. The zero-order valence-electron chi connectivity index (χ0n) is 8.64. The van der Waals surface area contributed by atoms with Gasteiger partial charge in [-0.15, -0.1) is 0 Å². The van der Waals surface area contributed by atoms with Crippen LogP contribution in [0.1, 0.15) is 12.6 Å². The van der Waals surface area contributed by atoms with Crippen LogP contribution in [-0.4, -0.2) is 21.2 Å². The zero-order valence-corrected chi connectivity index (χ0v) is 8.64. The molecule has 1 unspecified atom stereocenters. The minimum absolute atomic E-state index is 0.146. The van der Waals surface area contributed by atoms with Crippen molar-refractivity contribution in [2.75, 3.05) is 0 Å². The molecule has 0 aromatic carbocycles. The quantitative estimate of drug-likeness (QED) is 0.789. The molecule has 4 nitrogen and oxygen atoms in total. The monoisotopic (exact) mass is 202 g/mol. The van der Waals surface area contributed by atoms with Crippen LogP contribution in [0, 0.1) is 0 Å². The number of nitrogens with one attached hydrogen (secondary N) is 1. The molecule has 4 heteroatoms. The maximum atomic E-state index is 5.71. The Morgan fingerprint density at radius 3 is 3.07 bits per heavy atom. The smallest absolute Gasteiger partial charge is 0.0939 e. The minimum Gasteiger partial charge on any atom is -0.328 e. The maximum Gasteiger partial charge on any atom is 0.0939 e. The Morgan fingerprint density at radius 2 is 2.40 bits per heavy atom.